The Balaban J connectivity index is 1.62. The van der Waals surface area contributed by atoms with E-state index in [9.17, 15) is 14.4 Å². The van der Waals surface area contributed by atoms with Crippen LogP contribution in [0.5, 0.6) is 0 Å². The van der Waals surface area contributed by atoms with Gasteiger partial charge >= 0.3 is 6.03 Å². The number of nitrogens with zero attached hydrogens (tertiary/aromatic N) is 2. The lowest BCUT2D eigenvalue weighted by atomic mass is 9.83. The van der Waals surface area contributed by atoms with Gasteiger partial charge in [-0.05, 0) is 24.0 Å². The van der Waals surface area contributed by atoms with Crippen LogP contribution in [0.1, 0.15) is 24.0 Å². The Morgan fingerprint density at radius 2 is 1.48 bits per heavy atom. The minimum absolute atomic E-state index is 0.137. The van der Waals surface area contributed by atoms with E-state index in [1.807, 2.05) is 65.6 Å². The van der Waals surface area contributed by atoms with Crippen molar-refractivity contribution < 1.29 is 14.4 Å². The van der Waals surface area contributed by atoms with Gasteiger partial charge in [0.25, 0.3) is 5.91 Å². The molecule has 0 radical (unpaired) electrons. The zero-order chi connectivity index (χ0) is 20.4. The van der Waals surface area contributed by atoms with Gasteiger partial charge in [-0.3, -0.25) is 14.5 Å². The van der Waals surface area contributed by atoms with Crippen molar-refractivity contribution in [3.8, 4) is 0 Å². The number of hydrogen-bond acceptors (Lipinski definition) is 4. The number of nitrogens with two attached hydrogens (primary N) is 1. The highest BCUT2D eigenvalue weighted by Crippen LogP contribution is 2.36. The molecule has 2 aliphatic rings. The van der Waals surface area contributed by atoms with Gasteiger partial charge in [-0.25, -0.2) is 9.69 Å². The smallest absolute Gasteiger partial charge is 0.326 e. The molecule has 0 atom stereocenters. The molecule has 7 heteroatoms. The number of hydrogen-bond donors (Lipinski definition) is 2. The number of carbonyl (C=O) groups is 3. The fraction of sp³-hybridized carbons (Fsp3) is 0.318. The second kappa shape index (κ2) is 7.67. The molecule has 2 aliphatic heterocycles. The van der Waals surface area contributed by atoms with Gasteiger partial charge in [0, 0.05) is 19.0 Å². The summed E-state index contributed by atoms with van der Waals surface area (Å²) in [7, 11) is 0. The van der Waals surface area contributed by atoms with Crippen LogP contribution in [-0.2, 0) is 15.1 Å². The Bertz CT molecular complexity index is 869. The van der Waals surface area contributed by atoms with Gasteiger partial charge in [-0.2, -0.15) is 0 Å². The van der Waals surface area contributed by atoms with Gasteiger partial charge in [-0.15, -0.1) is 0 Å². The molecule has 0 saturated carbocycles. The maximum absolute atomic E-state index is 13.6. The Hall–Kier alpha value is -3.19. The molecule has 4 rings (SSSR count). The van der Waals surface area contributed by atoms with Crippen LogP contribution < -0.4 is 11.1 Å². The predicted octanol–water partition coefficient (Wildman–Crippen LogP) is 1.64. The molecule has 7 nitrogen and oxygen atoms in total. The zero-order valence-electron chi connectivity index (χ0n) is 16.1. The lowest BCUT2D eigenvalue weighted by Gasteiger charge is -2.33. The average molecular weight is 392 g/mol. The fourth-order valence-electron chi connectivity index (χ4n) is 4.20. The van der Waals surface area contributed by atoms with Crippen molar-refractivity contribution in [2.45, 2.75) is 18.4 Å². The van der Waals surface area contributed by atoms with Crippen molar-refractivity contribution in [3.63, 3.8) is 0 Å². The van der Waals surface area contributed by atoms with E-state index in [-0.39, 0.29) is 24.4 Å². The Labute approximate surface area is 169 Å². The van der Waals surface area contributed by atoms with Crippen LogP contribution in [0.2, 0.25) is 0 Å². The molecule has 2 saturated heterocycles. The summed E-state index contributed by atoms with van der Waals surface area (Å²) in [6.07, 6.45) is 1.28. The Morgan fingerprint density at radius 3 is 1.97 bits per heavy atom. The van der Waals surface area contributed by atoms with Crippen molar-refractivity contribution in [2.75, 3.05) is 19.8 Å². The topological polar surface area (TPSA) is 95.7 Å². The summed E-state index contributed by atoms with van der Waals surface area (Å²) in [6, 6.07) is 18.2. The van der Waals surface area contributed by atoms with Gasteiger partial charge in [0.15, 0.2) is 5.54 Å². The number of urea groups is 1. The number of nitrogens with one attached hydrogen (secondary N) is 1. The molecule has 2 fully saturated rings. The number of imide groups is 1. The molecule has 0 bridgehead atoms. The lowest BCUT2D eigenvalue weighted by Crippen LogP contribution is -2.48. The summed E-state index contributed by atoms with van der Waals surface area (Å²) in [5.41, 5.74) is 5.60. The van der Waals surface area contributed by atoms with Crippen LogP contribution in [0, 0.1) is 5.92 Å². The van der Waals surface area contributed by atoms with Gasteiger partial charge in [0.05, 0.1) is 6.67 Å². The molecular formula is C22H24N4O3. The number of rotatable bonds is 5. The molecule has 29 heavy (non-hydrogen) atoms. The summed E-state index contributed by atoms with van der Waals surface area (Å²) in [4.78, 5) is 41.2. The molecule has 0 spiro atoms. The highest BCUT2D eigenvalue weighted by molar-refractivity contribution is 6.09. The third-order valence-electron chi connectivity index (χ3n) is 5.85. The monoisotopic (exact) mass is 392 g/mol. The number of carbonyl (C=O) groups excluding carboxylic acids is 3. The molecule has 0 aromatic heterocycles. The van der Waals surface area contributed by atoms with Crippen molar-refractivity contribution in [2.24, 2.45) is 11.7 Å². The number of likely N-dealkylation sites (tertiary alicyclic amines) is 1. The number of piperidine rings is 1. The quantitative estimate of drug-likeness (QED) is 0.756. The molecule has 0 aliphatic carbocycles. The van der Waals surface area contributed by atoms with E-state index in [0.717, 1.165) is 11.1 Å². The second-order valence-corrected chi connectivity index (χ2v) is 7.58. The van der Waals surface area contributed by atoms with E-state index >= 15 is 0 Å². The van der Waals surface area contributed by atoms with Crippen molar-refractivity contribution in [1.82, 2.24) is 15.1 Å². The summed E-state index contributed by atoms with van der Waals surface area (Å²) in [5, 5.41) is 2.95. The van der Waals surface area contributed by atoms with E-state index in [1.165, 1.54) is 4.90 Å². The highest BCUT2D eigenvalue weighted by Gasteiger charge is 2.54. The first kappa shape index (κ1) is 19.1. The summed E-state index contributed by atoms with van der Waals surface area (Å²) in [6.45, 7) is 1.43. The van der Waals surface area contributed by atoms with E-state index in [2.05, 4.69) is 5.32 Å². The third-order valence-corrected chi connectivity index (χ3v) is 5.85. The molecular weight excluding hydrogens is 368 g/mol. The first-order chi connectivity index (χ1) is 14.0. The first-order valence-corrected chi connectivity index (χ1v) is 9.79. The van der Waals surface area contributed by atoms with Crippen LogP contribution in [0.25, 0.3) is 0 Å². The van der Waals surface area contributed by atoms with Crippen molar-refractivity contribution in [3.05, 3.63) is 71.8 Å². The van der Waals surface area contributed by atoms with E-state index in [0.29, 0.717) is 25.9 Å². The maximum atomic E-state index is 13.6. The highest BCUT2D eigenvalue weighted by atomic mass is 16.2. The molecule has 3 N–H and O–H groups in total. The molecule has 4 amide bonds. The predicted molar refractivity (Wildman–Crippen MR) is 107 cm³/mol. The zero-order valence-corrected chi connectivity index (χ0v) is 16.1. The van der Waals surface area contributed by atoms with Crippen LogP contribution in [0.4, 0.5) is 4.79 Å². The van der Waals surface area contributed by atoms with Crippen LogP contribution in [0.15, 0.2) is 60.7 Å². The minimum Gasteiger partial charge on any atom is -0.369 e. The summed E-state index contributed by atoms with van der Waals surface area (Å²) >= 11 is 0. The van der Waals surface area contributed by atoms with Crippen molar-refractivity contribution in [1.29, 1.82) is 0 Å². The van der Waals surface area contributed by atoms with Crippen LogP contribution in [-0.4, -0.2) is 47.4 Å². The molecule has 2 aromatic rings. The van der Waals surface area contributed by atoms with Crippen molar-refractivity contribution >= 4 is 17.8 Å². The standard InChI is InChI=1S/C22H24N4O3/c23-19(27)16-11-13-25(14-12-16)15-26-20(28)22(24-21(26)29,17-7-3-1-4-8-17)18-9-5-2-6-10-18/h1-10,16H,11-15H2,(H2,23,27)(H,24,29). The van der Waals surface area contributed by atoms with E-state index in [1.54, 1.807) is 0 Å². The van der Waals surface area contributed by atoms with Gasteiger partial charge in [0.2, 0.25) is 5.91 Å². The fourth-order valence-corrected chi connectivity index (χ4v) is 4.20. The minimum atomic E-state index is -1.24. The average Bonchev–Trinajstić information content (AvgIpc) is 3.01. The Kier molecular flexibility index (Phi) is 5.07. The summed E-state index contributed by atoms with van der Waals surface area (Å²) < 4.78 is 0. The maximum Gasteiger partial charge on any atom is 0.326 e. The van der Waals surface area contributed by atoms with E-state index in [4.69, 9.17) is 5.73 Å². The molecule has 0 unspecified atom stereocenters. The normalized spacial score (nSPS) is 19.9. The van der Waals surface area contributed by atoms with E-state index < -0.39 is 11.6 Å². The number of amides is 4. The number of benzene rings is 2. The largest absolute Gasteiger partial charge is 0.369 e. The molecule has 2 heterocycles. The first-order valence-electron chi connectivity index (χ1n) is 9.79. The van der Waals surface area contributed by atoms with Gasteiger partial charge in [0.1, 0.15) is 0 Å². The lowest BCUT2D eigenvalue weighted by molar-refractivity contribution is -0.132. The van der Waals surface area contributed by atoms with Crippen LogP contribution >= 0.6 is 0 Å². The number of primary amides is 1. The third kappa shape index (κ3) is 3.38. The Morgan fingerprint density at radius 1 is 0.966 bits per heavy atom. The molecule has 2 aromatic carbocycles. The molecule has 150 valence electrons. The van der Waals surface area contributed by atoms with Gasteiger partial charge in [-0.1, -0.05) is 60.7 Å². The SMILES string of the molecule is NC(=O)C1CCN(CN2C(=O)NC(c3ccccc3)(c3ccccc3)C2=O)CC1. The second-order valence-electron chi connectivity index (χ2n) is 7.58. The summed E-state index contributed by atoms with van der Waals surface area (Å²) in [5.74, 6) is -0.717. The van der Waals surface area contributed by atoms with Gasteiger partial charge < -0.3 is 11.1 Å². The van der Waals surface area contributed by atoms with Crippen LogP contribution in [0.3, 0.4) is 0 Å².